The molecule has 0 fully saturated rings. The highest BCUT2D eigenvalue weighted by Gasteiger charge is 2.12. The van der Waals surface area contributed by atoms with E-state index in [9.17, 15) is 10.1 Å². The number of rotatable bonds is 8. The van der Waals surface area contributed by atoms with Gasteiger partial charge < -0.3 is 10.6 Å². The first kappa shape index (κ1) is 16.4. The monoisotopic (exact) mass is 280 g/mol. The zero-order valence-electron chi connectivity index (χ0n) is 12.5. The average molecular weight is 280 g/mol. The van der Waals surface area contributed by atoms with E-state index in [4.69, 9.17) is 5.73 Å². The van der Waals surface area contributed by atoms with Gasteiger partial charge in [0.1, 0.15) is 0 Å². The van der Waals surface area contributed by atoms with Gasteiger partial charge in [0.25, 0.3) is 5.69 Å². The number of benzene rings is 1. The summed E-state index contributed by atoms with van der Waals surface area (Å²) < 4.78 is 0. The molecule has 0 radical (unpaired) electrons. The van der Waals surface area contributed by atoms with Crippen molar-refractivity contribution in [2.45, 2.75) is 19.9 Å². The molecule has 0 unspecified atom stereocenters. The van der Waals surface area contributed by atoms with Gasteiger partial charge in [-0.1, -0.05) is 6.92 Å². The Balaban J connectivity index is 2.68. The highest BCUT2D eigenvalue weighted by atomic mass is 16.6. The van der Waals surface area contributed by atoms with E-state index < -0.39 is 0 Å². The Morgan fingerprint density at radius 1 is 1.30 bits per heavy atom. The van der Waals surface area contributed by atoms with Crippen molar-refractivity contribution in [1.82, 2.24) is 9.80 Å². The lowest BCUT2D eigenvalue weighted by Gasteiger charge is -2.22. The van der Waals surface area contributed by atoms with Gasteiger partial charge in [0, 0.05) is 24.4 Å². The van der Waals surface area contributed by atoms with Crippen molar-refractivity contribution in [1.29, 1.82) is 0 Å². The minimum Gasteiger partial charge on any atom is -0.398 e. The van der Waals surface area contributed by atoms with Gasteiger partial charge in [-0.3, -0.25) is 15.0 Å². The van der Waals surface area contributed by atoms with E-state index in [-0.39, 0.29) is 10.6 Å². The summed E-state index contributed by atoms with van der Waals surface area (Å²) in [6, 6.07) is 4.63. The van der Waals surface area contributed by atoms with Gasteiger partial charge in [-0.05, 0) is 51.8 Å². The smallest absolute Gasteiger partial charge is 0.269 e. The number of anilines is 1. The number of nitro benzene ring substituents is 1. The van der Waals surface area contributed by atoms with Crippen LogP contribution >= 0.6 is 0 Å². The molecule has 0 amide bonds. The largest absolute Gasteiger partial charge is 0.398 e. The number of non-ortho nitro benzene ring substituents is 1. The summed E-state index contributed by atoms with van der Waals surface area (Å²) >= 11 is 0. The first-order chi connectivity index (χ1) is 9.43. The van der Waals surface area contributed by atoms with Crippen LogP contribution in [0.3, 0.4) is 0 Å². The van der Waals surface area contributed by atoms with Gasteiger partial charge in [-0.15, -0.1) is 0 Å². The van der Waals surface area contributed by atoms with Gasteiger partial charge >= 0.3 is 0 Å². The molecule has 0 saturated carbocycles. The zero-order valence-corrected chi connectivity index (χ0v) is 12.5. The molecule has 0 bridgehead atoms. The summed E-state index contributed by atoms with van der Waals surface area (Å²) in [5.74, 6) is 0. The van der Waals surface area contributed by atoms with E-state index in [0.717, 1.165) is 31.6 Å². The van der Waals surface area contributed by atoms with Gasteiger partial charge in [0.2, 0.25) is 0 Å². The van der Waals surface area contributed by atoms with E-state index in [1.165, 1.54) is 6.07 Å². The van der Waals surface area contributed by atoms with Gasteiger partial charge in [-0.2, -0.15) is 0 Å². The van der Waals surface area contributed by atoms with Crippen molar-refractivity contribution in [3.05, 3.63) is 33.9 Å². The fourth-order valence-corrected chi connectivity index (χ4v) is 2.04. The summed E-state index contributed by atoms with van der Waals surface area (Å²) in [5.41, 5.74) is 7.45. The van der Waals surface area contributed by atoms with Crippen molar-refractivity contribution in [3.63, 3.8) is 0 Å². The molecule has 2 N–H and O–H groups in total. The molecule has 6 heteroatoms. The Hall–Kier alpha value is -1.66. The number of nitrogens with two attached hydrogens (primary N) is 1. The highest BCUT2D eigenvalue weighted by molar-refractivity contribution is 5.52. The maximum Gasteiger partial charge on any atom is 0.269 e. The fourth-order valence-electron chi connectivity index (χ4n) is 2.04. The van der Waals surface area contributed by atoms with Crippen molar-refractivity contribution < 1.29 is 4.92 Å². The molecule has 0 aliphatic rings. The predicted octanol–water partition coefficient (Wildman–Crippen LogP) is 1.95. The van der Waals surface area contributed by atoms with Crippen LogP contribution in [-0.4, -0.2) is 48.5 Å². The Morgan fingerprint density at radius 2 is 2.00 bits per heavy atom. The third-order valence-corrected chi connectivity index (χ3v) is 3.26. The molecule has 0 aliphatic heterocycles. The minimum absolute atomic E-state index is 0.0959. The lowest BCUT2D eigenvalue weighted by molar-refractivity contribution is -0.384. The zero-order chi connectivity index (χ0) is 15.1. The Labute approximate surface area is 120 Å². The van der Waals surface area contributed by atoms with E-state index >= 15 is 0 Å². The average Bonchev–Trinajstić information content (AvgIpc) is 2.39. The molecule has 1 rings (SSSR count). The third kappa shape index (κ3) is 5.14. The first-order valence-corrected chi connectivity index (χ1v) is 6.84. The molecule has 0 aliphatic carbocycles. The quantitative estimate of drug-likeness (QED) is 0.447. The van der Waals surface area contributed by atoms with Crippen LogP contribution in [0.4, 0.5) is 11.4 Å². The fraction of sp³-hybridized carbons (Fsp3) is 0.571. The Morgan fingerprint density at radius 3 is 2.55 bits per heavy atom. The molecule has 6 nitrogen and oxygen atoms in total. The Bertz CT molecular complexity index is 449. The second-order valence-corrected chi connectivity index (χ2v) is 5.17. The minimum atomic E-state index is -0.384. The summed E-state index contributed by atoms with van der Waals surface area (Å²) in [6.45, 7) is 5.62. The van der Waals surface area contributed by atoms with Crippen molar-refractivity contribution in [2.24, 2.45) is 0 Å². The molecule has 112 valence electrons. The van der Waals surface area contributed by atoms with Crippen LogP contribution in [-0.2, 0) is 6.54 Å². The summed E-state index contributed by atoms with van der Waals surface area (Å²) in [6.07, 6.45) is 1.07. The van der Waals surface area contributed by atoms with Gasteiger partial charge in [0.05, 0.1) is 4.92 Å². The van der Waals surface area contributed by atoms with Crippen LogP contribution < -0.4 is 5.73 Å². The van der Waals surface area contributed by atoms with Crippen molar-refractivity contribution >= 4 is 11.4 Å². The molecular formula is C14H24N4O2. The molecule has 0 spiro atoms. The number of nitro groups is 1. The first-order valence-electron chi connectivity index (χ1n) is 6.84. The lowest BCUT2D eigenvalue weighted by Crippen LogP contribution is -2.27. The number of nitrogens with zero attached hydrogens (tertiary/aromatic N) is 3. The van der Waals surface area contributed by atoms with Crippen LogP contribution in [0.25, 0.3) is 0 Å². The summed E-state index contributed by atoms with van der Waals surface area (Å²) in [5, 5.41) is 10.8. The van der Waals surface area contributed by atoms with E-state index in [1.807, 2.05) is 0 Å². The normalized spacial score (nSPS) is 11.2. The molecule has 0 atom stereocenters. The maximum absolute atomic E-state index is 10.8. The molecule has 1 aromatic rings. The highest BCUT2D eigenvalue weighted by Crippen LogP contribution is 2.21. The molecule has 1 aromatic carbocycles. The van der Waals surface area contributed by atoms with Crippen LogP contribution in [0, 0.1) is 10.1 Å². The second-order valence-electron chi connectivity index (χ2n) is 5.17. The van der Waals surface area contributed by atoms with E-state index in [1.54, 1.807) is 12.1 Å². The number of nitrogen functional groups attached to an aromatic ring is 1. The van der Waals surface area contributed by atoms with Gasteiger partial charge in [0.15, 0.2) is 0 Å². The predicted molar refractivity (Wildman–Crippen MR) is 81.6 cm³/mol. The molecular weight excluding hydrogens is 256 g/mol. The van der Waals surface area contributed by atoms with E-state index in [0.29, 0.717) is 12.2 Å². The van der Waals surface area contributed by atoms with Crippen molar-refractivity contribution in [2.75, 3.05) is 39.5 Å². The summed E-state index contributed by atoms with van der Waals surface area (Å²) in [4.78, 5) is 14.8. The third-order valence-electron chi connectivity index (χ3n) is 3.26. The number of hydrogen-bond acceptors (Lipinski definition) is 5. The van der Waals surface area contributed by atoms with Crippen LogP contribution in [0.2, 0.25) is 0 Å². The topological polar surface area (TPSA) is 75.6 Å². The molecule has 20 heavy (non-hydrogen) atoms. The van der Waals surface area contributed by atoms with Gasteiger partial charge in [-0.25, -0.2) is 0 Å². The molecule has 0 saturated heterocycles. The standard InChI is InChI=1S/C14H24N4O2/c1-4-17(9-5-8-16(2)3)11-12-10-13(18(19)20)6-7-14(12)15/h6-7,10H,4-5,8-9,11,15H2,1-3H3. The lowest BCUT2D eigenvalue weighted by atomic mass is 10.1. The summed E-state index contributed by atoms with van der Waals surface area (Å²) in [7, 11) is 4.10. The van der Waals surface area contributed by atoms with Crippen LogP contribution in [0.1, 0.15) is 18.9 Å². The second kappa shape index (κ2) is 7.81. The van der Waals surface area contributed by atoms with Crippen LogP contribution in [0.15, 0.2) is 18.2 Å². The van der Waals surface area contributed by atoms with Crippen molar-refractivity contribution in [3.8, 4) is 0 Å². The van der Waals surface area contributed by atoms with Crippen LogP contribution in [0.5, 0.6) is 0 Å². The maximum atomic E-state index is 10.8. The molecule has 0 heterocycles. The number of hydrogen-bond donors (Lipinski definition) is 1. The van der Waals surface area contributed by atoms with E-state index in [2.05, 4.69) is 30.8 Å². The SMILES string of the molecule is CCN(CCCN(C)C)Cc1cc([N+](=O)[O-])ccc1N. The molecule has 0 aromatic heterocycles. The Kier molecular flexibility index (Phi) is 6.41.